The SMILES string of the molecule is CCCCC(N)CN1CCC(CC)C1. The summed E-state index contributed by atoms with van der Waals surface area (Å²) >= 11 is 0. The largest absolute Gasteiger partial charge is 0.327 e. The molecule has 1 aliphatic rings. The Balaban J connectivity index is 2.12. The first-order valence-electron chi connectivity index (χ1n) is 6.24. The molecular formula is C12H26N2. The zero-order valence-corrected chi connectivity index (χ0v) is 9.84. The first-order valence-corrected chi connectivity index (χ1v) is 6.24. The van der Waals surface area contributed by atoms with Gasteiger partial charge in [0.2, 0.25) is 0 Å². The molecule has 1 fully saturated rings. The molecule has 0 bridgehead atoms. The lowest BCUT2D eigenvalue weighted by molar-refractivity contribution is 0.293. The van der Waals surface area contributed by atoms with Crippen LogP contribution < -0.4 is 5.73 Å². The van der Waals surface area contributed by atoms with E-state index in [1.165, 1.54) is 45.2 Å². The third-order valence-corrected chi connectivity index (χ3v) is 3.37. The average Bonchev–Trinajstić information content (AvgIpc) is 2.62. The fourth-order valence-electron chi connectivity index (χ4n) is 2.30. The number of likely N-dealkylation sites (tertiary alicyclic amines) is 1. The van der Waals surface area contributed by atoms with Gasteiger partial charge in [0.1, 0.15) is 0 Å². The Kier molecular flexibility index (Phi) is 5.49. The van der Waals surface area contributed by atoms with Crippen LogP contribution in [0.5, 0.6) is 0 Å². The van der Waals surface area contributed by atoms with Crippen molar-refractivity contribution in [2.75, 3.05) is 19.6 Å². The van der Waals surface area contributed by atoms with Gasteiger partial charge in [0.15, 0.2) is 0 Å². The van der Waals surface area contributed by atoms with Crippen LogP contribution in [-0.2, 0) is 0 Å². The molecule has 2 atom stereocenters. The second kappa shape index (κ2) is 6.41. The third-order valence-electron chi connectivity index (χ3n) is 3.37. The van der Waals surface area contributed by atoms with Crippen LogP contribution in [0.15, 0.2) is 0 Å². The van der Waals surface area contributed by atoms with Crippen molar-refractivity contribution in [3.05, 3.63) is 0 Å². The van der Waals surface area contributed by atoms with E-state index in [-0.39, 0.29) is 0 Å². The molecule has 0 aromatic heterocycles. The molecule has 1 saturated heterocycles. The van der Waals surface area contributed by atoms with Gasteiger partial charge in [-0.05, 0) is 25.3 Å². The van der Waals surface area contributed by atoms with Crippen molar-refractivity contribution in [2.45, 2.75) is 52.0 Å². The van der Waals surface area contributed by atoms with E-state index < -0.39 is 0 Å². The van der Waals surface area contributed by atoms with E-state index in [0.717, 1.165) is 12.5 Å². The molecule has 0 aromatic carbocycles. The first kappa shape index (κ1) is 12.0. The van der Waals surface area contributed by atoms with Gasteiger partial charge in [0.05, 0.1) is 0 Å². The highest BCUT2D eigenvalue weighted by Crippen LogP contribution is 2.19. The van der Waals surface area contributed by atoms with Crippen LogP contribution >= 0.6 is 0 Å². The summed E-state index contributed by atoms with van der Waals surface area (Å²) in [5.74, 6) is 0.938. The van der Waals surface area contributed by atoms with Crippen molar-refractivity contribution in [3.63, 3.8) is 0 Å². The van der Waals surface area contributed by atoms with Gasteiger partial charge in [-0.1, -0.05) is 33.1 Å². The summed E-state index contributed by atoms with van der Waals surface area (Å²) in [6, 6.07) is 0.408. The van der Waals surface area contributed by atoms with Gasteiger partial charge in [-0.25, -0.2) is 0 Å². The summed E-state index contributed by atoms with van der Waals surface area (Å²) in [4.78, 5) is 2.55. The molecule has 0 aromatic rings. The maximum Gasteiger partial charge on any atom is 0.0167 e. The molecule has 2 unspecified atom stereocenters. The highest BCUT2D eigenvalue weighted by molar-refractivity contribution is 4.77. The fraction of sp³-hybridized carbons (Fsp3) is 1.00. The lowest BCUT2D eigenvalue weighted by Gasteiger charge is -2.20. The molecule has 2 heteroatoms. The normalized spacial score (nSPS) is 25.5. The minimum Gasteiger partial charge on any atom is -0.327 e. The minimum absolute atomic E-state index is 0.408. The Hall–Kier alpha value is -0.0800. The highest BCUT2D eigenvalue weighted by Gasteiger charge is 2.21. The van der Waals surface area contributed by atoms with Gasteiger partial charge in [-0.3, -0.25) is 0 Å². The van der Waals surface area contributed by atoms with Crippen LogP contribution in [0, 0.1) is 5.92 Å². The lowest BCUT2D eigenvalue weighted by atomic mass is 10.1. The Morgan fingerprint density at radius 3 is 2.79 bits per heavy atom. The number of unbranched alkanes of at least 4 members (excludes halogenated alkanes) is 1. The van der Waals surface area contributed by atoms with Crippen molar-refractivity contribution in [3.8, 4) is 0 Å². The van der Waals surface area contributed by atoms with E-state index in [4.69, 9.17) is 5.73 Å². The molecule has 1 aliphatic heterocycles. The van der Waals surface area contributed by atoms with Gasteiger partial charge in [0, 0.05) is 19.1 Å². The molecule has 14 heavy (non-hydrogen) atoms. The van der Waals surface area contributed by atoms with Crippen LogP contribution in [-0.4, -0.2) is 30.6 Å². The molecule has 84 valence electrons. The fourth-order valence-corrected chi connectivity index (χ4v) is 2.30. The van der Waals surface area contributed by atoms with Gasteiger partial charge < -0.3 is 10.6 Å². The summed E-state index contributed by atoms with van der Waals surface area (Å²) in [6.07, 6.45) is 6.47. The topological polar surface area (TPSA) is 29.3 Å². The van der Waals surface area contributed by atoms with E-state index in [1.54, 1.807) is 0 Å². The lowest BCUT2D eigenvalue weighted by Crippen LogP contribution is -2.36. The van der Waals surface area contributed by atoms with E-state index >= 15 is 0 Å². The van der Waals surface area contributed by atoms with Crippen LogP contribution in [0.4, 0.5) is 0 Å². The van der Waals surface area contributed by atoms with Gasteiger partial charge in [-0.2, -0.15) is 0 Å². The number of rotatable bonds is 6. The van der Waals surface area contributed by atoms with Gasteiger partial charge >= 0.3 is 0 Å². The maximum atomic E-state index is 6.08. The Labute approximate surface area is 88.8 Å². The second-order valence-electron chi connectivity index (χ2n) is 4.72. The molecule has 1 rings (SSSR count). The molecule has 1 heterocycles. The smallest absolute Gasteiger partial charge is 0.0167 e. The summed E-state index contributed by atoms with van der Waals surface area (Å²) in [5, 5.41) is 0. The molecule has 2 N–H and O–H groups in total. The monoisotopic (exact) mass is 198 g/mol. The second-order valence-corrected chi connectivity index (χ2v) is 4.72. The van der Waals surface area contributed by atoms with Gasteiger partial charge in [-0.15, -0.1) is 0 Å². The molecule has 0 saturated carbocycles. The van der Waals surface area contributed by atoms with Crippen molar-refractivity contribution in [1.82, 2.24) is 4.90 Å². The number of hydrogen-bond acceptors (Lipinski definition) is 2. The minimum atomic E-state index is 0.408. The van der Waals surface area contributed by atoms with E-state index in [9.17, 15) is 0 Å². The number of hydrogen-bond donors (Lipinski definition) is 1. The van der Waals surface area contributed by atoms with E-state index in [0.29, 0.717) is 6.04 Å². The summed E-state index contributed by atoms with van der Waals surface area (Å²) < 4.78 is 0. The van der Waals surface area contributed by atoms with Crippen LogP contribution in [0.2, 0.25) is 0 Å². The summed E-state index contributed by atoms with van der Waals surface area (Å²) in [7, 11) is 0. The molecule has 0 amide bonds. The predicted octanol–water partition coefficient (Wildman–Crippen LogP) is 2.24. The van der Waals surface area contributed by atoms with E-state index in [1.807, 2.05) is 0 Å². The van der Waals surface area contributed by atoms with Crippen LogP contribution in [0.25, 0.3) is 0 Å². The van der Waals surface area contributed by atoms with Crippen molar-refractivity contribution < 1.29 is 0 Å². The van der Waals surface area contributed by atoms with Crippen LogP contribution in [0.1, 0.15) is 46.0 Å². The van der Waals surface area contributed by atoms with Crippen LogP contribution in [0.3, 0.4) is 0 Å². The Bertz CT molecular complexity index is 147. The van der Waals surface area contributed by atoms with Gasteiger partial charge in [0.25, 0.3) is 0 Å². The molecule has 0 spiro atoms. The molecule has 2 nitrogen and oxygen atoms in total. The zero-order chi connectivity index (χ0) is 10.4. The summed E-state index contributed by atoms with van der Waals surface area (Å²) in [6.45, 7) is 8.21. The van der Waals surface area contributed by atoms with Crippen molar-refractivity contribution in [1.29, 1.82) is 0 Å². The predicted molar refractivity (Wildman–Crippen MR) is 62.3 cm³/mol. The zero-order valence-electron chi connectivity index (χ0n) is 9.84. The molecule has 0 aliphatic carbocycles. The van der Waals surface area contributed by atoms with E-state index in [2.05, 4.69) is 18.7 Å². The maximum absolute atomic E-state index is 6.08. The molecule has 0 radical (unpaired) electrons. The summed E-state index contributed by atoms with van der Waals surface area (Å²) in [5.41, 5.74) is 6.08. The third kappa shape index (κ3) is 3.97. The van der Waals surface area contributed by atoms with Crippen molar-refractivity contribution >= 4 is 0 Å². The van der Waals surface area contributed by atoms with Crippen molar-refractivity contribution in [2.24, 2.45) is 11.7 Å². The standard InChI is InChI=1S/C12H26N2/c1-3-5-6-12(13)10-14-8-7-11(4-2)9-14/h11-12H,3-10,13H2,1-2H3. The highest BCUT2D eigenvalue weighted by atomic mass is 15.2. The average molecular weight is 198 g/mol. The first-order chi connectivity index (χ1) is 6.76. The quantitative estimate of drug-likeness (QED) is 0.709. The molecular weight excluding hydrogens is 172 g/mol. The Morgan fingerprint density at radius 2 is 2.21 bits per heavy atom. The Morgan fingerprint density at radius 1 is 1.43 bits per heavy atom. The number of nitrogens with zero attached hydrogens (tertiary/aromatic N) is 1. The number of nitrogens with two attached hydrogens (primary N) is 1.